The van der Waals surface area contributed by atoms with Crippen LogP contribution in [0.2, 0.25) is 0 Å². The second-order valence-corrected chi connectivity index (χ2v) is 7.75. The topological polar surface area (TPSA) is 337 Å². The zero-order valence-corrected chi connectivity index (χ0v) is 21.6. The fourth-order valence-corrected chi connectivity index (χ4v) is 2.38. The van der Waals surface area contributed by atoms with E-state index < -0.39 is 118 Å². The van der Waals surface area contributed by atoms with Crippen LogP contribution >= 0.6 is 0 Å². The number of carboxylic acid groups (broad SMARTS) is 1. The summed E-state index contributed by atoms with van der Waals surface area (Å²) in [5, 5.41) is 43.6. The Morgan fingerprint density at radius 3 is 1.15 bits per heavy atom. The van der Waals surface area contributed by atoms with Gasteiger partial charge in [0.1, 0.15) is 12.1 Å². The summed E-state index contributed by atoms with van der Waals surface area (Å²) in [6, 6.07) is -2.98. The lowest BCUT2D eigenvalue weighted by molar-refractivity contribution is -0.142. The lowest BCUT2D eigenvalue weighted by Gasteiger charge is -2.16. The van der Waals surface area contributed by atoms with Gasteiger partial charge in [0.25, 0.3) is 0 Å². The molecule has 230 valence electrons. The van der Waals surface area contributed by atoms with Gasteiger partial charge in [-0.3, -0.25) is 38.4 Å². The van der Waals surface area contributed by atoms with Crippen molar-refractivity contribution in [2.45, 2.75) is 12.1 Å². The third-order valence-corrected chi connectivity index (χ3v) is 4.49. The number of carboxylic acids is 1. The molecule has 41 heavy (non-hydrogen) atoms. The first-order valence-corrected chi connectivity index (χ1v) is 11.7. The average Bonchev–Trinajstić information content (AvgIpc) is 2.95. The van der Waals surface area contributed by atoms with Gasteiger partial charge in [0.15, 0.2) is 0 Å². The normalized spacial score (nSPS) is 11.5. The summed E-state index contributed by atoms with van der Waals surface area (Å²) in [6.07, 6.45) is 0. The van der Waals surface area contributed by atoms with Crippen molar-refractivity contribution < 1.29 is 58.5 Å². The first kappa shape index (κ1) is 36.1. The first-order chi connectivity index (χ1) is 19.3. The number of aliphatic hydroxyl groups excluding tert-OH is 2. The van der Waals surface area contributed by atoms with Crippen molar-refractivity contribution in [1.29, 1.82) is 0 Å². The molecule has 21 heteroatoms. The lowest BCUT2D eigenvalue weighted by atomic mass is 10.3. The number of hydrogen-bond acceptors (Lipinski definition) is 12. The summed E-state index contributed by atoms with van der Waals surface area (Å²) in [5.41, 5.74) is 5.06. The molecule has 2 atom stereocenters. The van der Waals surface area contributed by atoms with E-state index in [0.29, 0.717) is 0 Å². The van der Waals surface area contributed by atoms with E-state index in [1.807, 2.05) is 5.32 Å². The summed E-state index contributed by atoms with van der Waals surface area (Å²) >= 11 is 0. The minimum atomic E-state index is -1.55. The molecule has 0 saturated carbocycles. The number of carbonyl (C=O) groups excluding carboxylic acids is 8. The number of rotatable bonds is 19. The van der Waals surface area contributed by atoms with Crippen molar-refractivity contribution in [3.8, 4) is 0 Å². The van der Waals surface area contributed by atoms with Crippen LogP contribution in [0.5, 0.6) is 0 Å². The maximum Gasteiger partial charge on any atom is 0.328 e. The highest BCUT2D eigenvalue weighted by atomic mass is 16.4. The van der Waals surface area contributed by atoms with Gasteiger partial charge < -0.3 is 63.6 Å². The number of nitrogens with two attached hydrogens (primary N) is 1. The molecule has 0 unspecified atom stereocenters. The molecule has 0 aromatic heterocycles. The van der Waals surface area contributed by atoms with Crippen LogP contribution in [0.3, 0.4) is 0 Å². The van der Waals surface area contributed by atoms with Crippen molar-refractivity contribution >= 4 is 53.2 Å². The molecular formula is C20H33N9O12. The number of aliphatic carboxylic acids is 1. The lowest BCUT2D eigenvalue weighted by Crippen LogP contribution is -2.53. The van der Waals surface area contributed by atoms with Gasteiger partial charge in [0.2, 0.25) is 47.3 Å². The third kappa shape index (κ3) is 17.3. The van der Waals surface area contributed by atoms with Gasteiger partial charge in [0, 0.05) is 0 Å². The van der Waals surface area contributed by atoms with E-state index in [9.17, 15) is 48.3 Å². The van der Waals surface area contributed by atoms with Gasteiger partial charge in [0.05, 0.1) is 59.0 Å². The molecule has 0 rings (SSSR count). The van der Waals surface area contributed by atoms with Crippen molar-refractivity contribution in [3.05, 3.63) is 0 Å². The molecular weight excluding hydrogens is 558 g/mol. The number of nitrogens with one attached hydrogen (secondary N) is 8. The fourth-order valence-electron chi connectivity index (χ4n) is 2.38. The summed E-state index contributed by atoms with van der Waals surface area (Å²) < 4.78 is 0. The molecule has 0 saturated heterocycles. The van der Waals surface area contributed by atoms with Crippen molar-refractivity contribution in [2.24, 2.45) is 5.73 Å². The SMILES string of the molecule is NCC(=O)NCC(=O)N[C@@H](CO)C(=O)NCC(=O)NCC(=O)NCC(=O)NCC(=O)NCC(=O)N[C@@H](CO)C(=O)O. The summed E-state index contributed by atoms with van der Waals surface area (Å²) in [5.74, 6) is -7.98. The van der Waals surface area contributed by atoms with Crippen LogP contribution < -0.4 is 48.3 Å². The van der Waals surface area contributed by atoms with E-state index in [2.05, 4.69) is 37.2 Å². The summed E-state index contributed by atoms with van der Waals surface area (Å²) in [7, 11) is 0. The first-order valence-electron chi connectivity index (χ1n) is 11.7. The van der Waals surface area contributed by atoms with E-state index in [0.717, 1.165) is 0 Å². The molecule has 8 amide bonds. The minimum absolute atomic E-state index is 0.355. The Balaban J connectivity index is 4.19. The average molecular weight is 592 g/mol. The van der Waals surface area contributed by atoms with Crippen LogP contribution in [-0.2, 0) is 43.2 Å². The molecule has 0 bridgehead atoms. The molecule has 0 aromatic carbocycles. The number of amides is 8. The predicted octanol–water partition coefficient (Wildman–Crippen LogP) is -9.32. The van der Waals surface area contributed by atoms with Gasteiger partial charge in [-0.15, -0.1) is 0 Å². The van der Waals surface area contributed by atoms with E-state index in [1.54, 1.807) is 0 Å². The maximum atomic E-state index is 12.0. The highest BCUT2D eigenvalue weighted by Crippen LogP contribution is 1.84. The predicted molar refractivity (Wildman–Crippen MR) is 133 cm³/mol. The van der Waals surface area contributed by atoms with Crippen LogP contribution in [0.1, 0.15) is 0 Å². The highest BCUT2D eigenvalue weighted by Gasteiger charge is 2.21. The van der Waals surface area contributed by atoms with Crippen molar-refractivity contribution in [1.82, 2.24) is 42.5 Å². The molecule has 0 heterocycles. The number of hydrogen-bond donors (Lipinski definition) is 12. The Hall–Kier alpha value is -4.89. The molecule has 21 nitrogen and oxygen atoms in total. The van der Waals surface area contributed by atoms with Gasteiger partial charge in [-0.2, -0.15) is 0 Å². The van der Waals surface area contributed by atoms with Crippen molar-refractivity contribution in [3.63, 3.8) is 0 Å². The van der Waals surface area contributed by atoms with E-state index in [-0.39, 0.29) is 6.54 Å². The maximum absolute atomic E-state index is 12.0. The van der Waals surface area contributed by atoms with E-state index >= 15 is 0 Å². The third-order valence-electron chi connectivity index (χ3n) is 4.49. The smallest absolute Gasteiger partial charge is 0.328 e. The molecule has 0 spiro atoms. The number of aliphatic hydroxyl groups is 2. The second-order valence-electron chi connectivity index (χ2n) is 7.75. The van der Waals surface area contributed by atoms with Crippen LogP contribution in [0.15, 0.2) is 0 Å². The van der Waals surface area contributed by atoms with Crippen LogP contribution in [0.4, 0.5) is 0 Å². The fraction of sp³-hybridized carbons (Fsp3) is 0.550. The molecule has 0 aliphatic rings. The summed E-state index contributed by atoms with van der Waals surface area (Å²) in [6.45, 7) is -5.55. The largest absolute Gasteiger partial charge is 0.480 e. The molecule has 0 aromatic rings. The summed E-state index contributed by atoms with van der Waals surface area (Å²) in [4.78, 5) is 104. The van der Waals surface area contributed by atoms with Gasteiger partial charge in [-0.1, -0.05) is 0 Å². The zero-order valence-electron chi connectivity index (χ0n) is 21.6. The van der Waals surface area contributed by atoms with Crippen LogP contribution in [-0.4, -0.2) is 140 Å². The molecule has 0 radical (unpaired) electrons. The van der Waals surface area contributed by atoms with Crippen LogP contribution in [0.25, 0.3) is 0 Å². The zero-order chi connectivity index (χ0) is 31.4. The standard InChI is InChI=1S/C20H33N9O12/c21-1-12(32)22-6-17(37)28-10(8-30)19(39)27-5-16(36)25-3-14(34)23-2-13(33)24-4-15(35)26-7-18(38)29-11(9-31)20(40)41/h10-11,30-31H,1-9,21H2,(H,22,32)(H,23,34)(H,24,33)(H,25,36)(H,26,35)(H,27,39)(H,28,37)(H,29,38)(H,40,41)/t10-,11-/m0/s1. The molecule has 13 N–H and O–H groups in total. The Bertz CT molecular complexity index is 991. The Morgan fingerprint density at radius 1 is 0.488 bits per heavy atom. The quantitative estimate of drug-likeness (QED) is 0.0664. The van der Waals surface area contributed by atoms with Crippen LogP contribution in [0, 0.1) is 0 Å². The number of carbonyl (C=O) groups is 9. The van der Waals surface area contributed by atoms with E-state index in [1.165, 1.54) is 0 Å². The molecule has 0 fully saturated rings. The molecule has 0 aliphatic heterocycles. The van der Waals surface area contributed by atoms with Gasteiger partial charge in [-0.05, 0) is 0 Å². The second kappa shape index (κ2) is 20.1. The van der Waals surface area contributed by atoms with Crippen molar-refractivity contribution in [2.75, 3.05) is 59.0 Å². The van der Waals surface area contributed by atoms with Gasteiger partial charge in [-0.25, -0.2) is 4.79 Å². The minimum Gasteiger partial charge on any atom is -0.480 e. The van der Waals surface area contributed by atoms with Gasteiger partial charge >= 0.3 is 5.97 Å². The Kier molecular flexibility index (Phi) is 17.7. The Labute approximate surface area is 231 Å². The van der Waals surface area contributed by atoms with E-state index in [4.69, 9.17) is 15.9 Å². The highest BCUT2D eigenvalue weighted by molar-refractivity contribution is 5.94. The molecule has 0 aliphatic carbocycles. The monoisotopic (exact) mass is 591 g/mol. The Morgan fingerprint density at radius 2 is 0.805 bits per heavy atom.